The molecule has 0 radical (unpaired) electrons. The highest BCUT2D eigenvalue weighted by Crippen LogP contribution is 2.36. The van der Waals surface area contributed by atoms with Crippen molar-refractivity contribution in [2.75, 3.05) is 18.9 Å². The molecule has 0 unspecified atom stereocenters. The third-order valence-corrected chi connectivity index (χ3v) is 5.05. The summed E-state index contributed by atoms with van der Waals surface area (Å²) in [6.07, 6.45) is 1.79. The molecule has 0 aliphatic carbocycles. The van der Waals surface area contributed by atoms with E-state index >= 15 is 0 Å². The van der Waals surface area contributed by atoms with Crippen molar-refractivity contribution >= 4 is 11.7 Å². The topological polar surface area (TPSA) is 58.1 Å². The van der Waals surface area contributed by atoms with Crippen LogP contribution in [0, 0.1) is 12.7 Å². The smallest absolute Gasteiger partial charge is 0.233 e. The molecule has 1 aromatic heterocycles. The van der Waals surface area contributed by atoms with Crippen LogP contribution in [0.25, 0.3) is 0 Å². The molecule has 1 amide bonds. The Bertz CT molecular complexity index is 821. The number of carbonyl (C=O) groups is 1. The van der Waals surface area contributed by atoms with Gasteiger partial charge in [-0.05, 0) is 51.3 Å². The third-order valence-electron chi connectivity index (χ3n) is 5.05. The summed E-state index contributed by atoms with van der Waals surface area (Å²) in [7, 11) is 1.82. The predicted molar refractivity (Wildman–Crippen MR) is 99.4 cm³/mol. The molecular formula is C20H25FN4O. The molecule has 0 saturated carbocycles. The van der Waals surface area contributed by atoms with Gasteiger partial charge >= 0.3 is 0 Å². The van der Waals surface area contributed by atoms with Crippen LogP contribution in [-0.2, 0) is 10.2 Å². The number of amides is 1. The van der Waals surface area contributed by atoms with Gasteiger partial charge in [0, 0.05) is 19.7 Å². The molecule has 1 aliphatic rings. The Kier molecular flexibility index (Phi) is 4.94. The van der Waals surface area contributed by atoms with Gasteiger partial charge in [0.2, 0.25) is 5.91 Å². The van der Waals surface area contributed by atoms with E-state index in [1.165, 1.54) is 12.1 Å². The van der Waals surface area contributed by atoms with E-state index in [1.807, 2.05) is 38.8 Å². The maximum Gasteiger partial charge on any atom is 0.233 e. The fourth-order valence-electron chi connectivity index (χ4n) is 3.57. The molecule has 1 atom stereocenters. The normalized spacial score (nSPS) is 17.4. The van der Waals surface area contributed by atoms with Gasteiger partial charge in [-0.25, -0.2) is 14.4 Å². The van der Waals surface area contributed by atoms with Crippen LogP contribution in [-0.4, -0.2) is 34.4 Å². The quantitative estimate of drug-likeness (QED) is 0.909. The Morgan fingerprint density at radius 2 is 2.08 bits per heavy atom. The molecule has 2 heterocycles. The second kappa shape index (κ2) is 7.02. The van der Waals surface area contributed by atoms with Crippen LogP contribution in [0.5, 0.6) is 0 Å². The van der Waals surface area contributed by atoms with Crippen LogP contribution in [0.15, 0.2) is 30.3 Å². The minimum Gasteiger partial charge on any atom is -0.373 e. The molecular weight excluding hydrogens is 331 g/mol. The number of nitrogens with one attached hydrogen (secondary N) is 1. The molecule has 0 bridgehead atoms. The molecule has 3 rings (SSSR count). The van der Waals surface area contributed by atoms with Crippen molar-refractivity contribution in [3.8, 4) is 0 Å². The molecule has 1 aromatic carbocycles. The lowest BCUT2D eigenvalue weighted by molar-refractivity contribution is -0.137. The Hall–Kier alpha value is -2.50. The molecule has 6 heteroatoms. The van der Waals surface area contributed by atoms with Crippen molar-refractivity contribution in [3.63, 3.8) is 0 Å². The summed E-state index contributed by atoms with van der Waals surface area (Å²) >= 11 is 0. The lowest BCUT2D eigenvalue weighted by Gasteiger charge is -2.33. The Morgan fingerprint density at radius 1 is 1.31 bits per heavy atom. The lowest BCUT2D eigenvalue weighted by Crippen LogP contribution is -2.43. The van der Waals surface area contributed by atoms with E-state index < -0.39 is 5.41 Å². The molecule has 26 heavy (non-hydrogen) atoms. The van der Waals surface area contributed by atoms with Gasteiger partial charge in [0.15, 0.2) is 0 Å². The minimum absolute atomic E-state index is 0.00660. The summed E-state index contributed by atoms with van der Waals surface area (Å²) < 4.78 is 13.7. The van der Waals surface area contributed by atoms with Crippen molar-refractivity contribution in [3.05, 3.63) is 53.2 Å². The number of rotatable bonds is 4. The summed E-state index contributed by atoms with van der Waals surface area (Å²) in [5, 5.41) is 3.04. The second-order valence-electron chi connectivity index (χ2n) is 7.27. The van der Waals surface area contributed by atoms with Crippen LogP contribution >= 0.6 is 0 Å². The summed E-state index contributed by atoms with van der Waals surface area (Å²) in [6, 6.07) is 8.11. The Labute approximate surface area is 153 Å². The largest absolute Gasteiger partial charge is 0.373 e. The number of hydrogen-bond donors (Lipinski definition) is 1. The average molecular weight is 356 g/mol. The molecule has 2 aromatic rings. The number of halogens is 1. The van der Waals surface area contributed by atoms with Crippen LogP contribution in [0.4, 0.5) is 10.2 Å². The van der Waals surface area contributed by atoms with Gasteiger partial charge in [-0.15, -0.1) is 0 Å². The highest BCUT2D eigenvalue weighted by Gasteiger charge is 2.40. The Morgan fingerprint density at radius 3 is 2.77 bits per heavy atom. The van der Waals surface area contributed by atoms with E-state index in [-0.39, 0.29) is 17.8 Å². The van der Waals surface area contributed by atoms with Crippen molar-refractivity contribution in [2.24, 2.45) is 0 Å². The second-order valence-corrected chi connectivity index (χ2v) is 7.27. The first-order valence-electron chi connectivity index (χ1n) is 8.93. The molecule has 1 fully saturated rings. The van der Waals surface area contributed by atoms with E-state index in [9.17, 15) is 9.18 Å². The standard InChI is InChI=1S/C20H25FN4O/c1-13-23-16(12-18(22-4)24-13)17-9-6-10-25(17)19(26)20(2,3)14-7-5-8-15(21)11-14/h5,7-8,11-12,17H,6,9-10H2,1-4H3,(H,22,23,24)/t17-/m0/s1. The van der Waals surface area contributed by atoms with Crippen molar-refractivity contribution < 1.29 is 9.18 Å². The predicted octanol–water partition coefficient (Wildman–Crippen LogP) is 3.61. The number of benzene rings is 1. The van der Waals surface area contributed by atoms with Gasteiger partial charge in [-0.2, -0.15) is 0 Å². The Balaban J connectivity index is 1.92. The van der Waals surface area contributed by atoms with Crippen molar-refractivity contribution in [2.45, 2.75) is 45.1 Å². The van der Waals surface area contributed by atoms with Gasteiger partial charge < -0.3 is 10.2 Å². The number of carbonyl (C=O) groups excluding carboxylic acids is 1. The van der Waals surface area contributed by atoms with E-state index in [4.69, 9.17) is 0 Å². The van der Waals surface area contributed by atoms with Gasteiger partial charge in [0.1, 0.15) is 17.5 Å². The van der Waals surface area contributed by atoms with Gasteiger partial charge in [-0.1, -0.05) is 12.1 Å². The van der Waals surface area contributed by atoms with Crippen LogP contribution in [0.3, 0.4) is 0 Å². The minimum atomic E-state index is -0.807. The van der Waals surface area contributed by atoms with E-state index in [2.05, 4.69) is 15.3 Å². The monoisotopic (exact) mass is 356 g/mol. The first kappa shape index (κ1) is 18.3. The number of aryl methyl sites for hydroxylation is 1. The van der Waals surface area contributed by atoms with Gasteiger partial charge in [0.05, 0.1) is 17.2 Å². The summed E-state index contributed by atoms with van der Waals surface area (Å²) in [6.45, 7) is 6.23. The molecule has 1 N–H and O–H groups in total. The van der Waals surface area contributed by atoms with Gasteiger partial charge in [-0.3, -0.25) is 4.79 Å². The number of anilines is 1. The number of likely N-dealkylation sites (tertiary alicyclic amines) is 1. The van der Waals surface area contributed by atoms with Crippen molar-refractivity contribution in [1.29, 1.82) is 0 Å². The molecule has 0 spiro atoms. The summed E-state index contributed by atoms with van der Waals surface area (Å²) in [4.78, 5) is 24.1. The molecule has 1 aliphatic heterocycles. The number of hydrogen-bond acceptors (Lipinski definition) is 4. The highest BCUT2D eigenvalue weighted by atomic mass is 19.1. The zero-order valence-electron chi connectivity index (χ0n) is 15.7. The fourth-order valence-corrected chi connectivity index (χ4v) is 3.57. The summed E-state index contributed by atoms with van der Waals surface area (Å²) in [5.41, 5.74) is 0.726. The number of aromatic nitrogens is 2. The maximum absolute atomic E-state index is 13.7. The zero-order valence-corrected chi connectivity index (χ0v) is 15.7. The SMILES string of the molecule is CNc1cc([C@@H]2CCCN2C(=O)C(C)(C)c2cccc(F)c2)nc(C)n1. The van der Waals surface area contributed by atoms with Crippen LogP contribution in [0.2, 0.25) is 0 Å². The van der Waals surface area contributed by atoms with Crippen molar-refractivity contribution in [1.82, 2.24) is 14.9 Å². The third kappa shape index (κ3) is 3.41. The lowest BCUT2D eigenvalue weighted by atomic mass is 9.83. The molecule has 1 saturated heterocycles. The van der Waals surface area contributed by atoms with E-state index in [0.717, 1.165) is 24.4 Å². The zero-order chi connectivity index (χ0) is 18.9. The van der Waals surface area contributed by atoms with Crippen LogP contribution < -0.4 is 5.32 Å². The molecule has 5 nitrogen and oxygen atoms in total. The number of nitrogens with zero attached hydrogens (tertiary/aromatic N) is 3. The van der Waals surface area contributed by atoms with Gasteiger partial charge in [0.25, 0.3) is 0 Å². The first-order chi connectivity index (χ1) is 12.3. The summed E-state index contributed by atoms with van der Waals surface area (Å²) in [5.74, 6) is 1.09. The van der Waals surface area contributed by atoms with E-state index in [0.29, 0.717) is 17.9 Å². The first-order valence-corrected chi connectivity index (χ1v) is 8.93. The van der Waals surface area contributed by atoms with E-state index in [1.54, 1.807) is 12.1 Å². The molecule has 138 valence electrons. The van der Waals surface area contributed by atoms with Crippen LogP contribution in [0.1, 0.15) is 49.8 Å². The maximum atomic E-state index is 13.7. The average Bonchev–Trinajstić information content (AvgIpc) is 3.10. The fraction of sp³-hybridized carbons (Fsp3) is 0.450. The highest BCUT2D eigenvalue weighted by molar-refractivity contribution is 5.88.